The van der Waals surface area contributed by atoms with Gasteiger partial charge in [-0.1, -0.05) is 135 Å². The normalized spacial score (nSPS) is 16.8. The molecule has 0 amide bonds. The molecule has 3 N–H and O–H groups in total. The Balaban J connectivity index is 1.09. The minimum absolute atomic E-state index is 0.106. The van der Waals surface area contributed by atoms with E-state index in [4.69, 9.17) is 5.73 Å². The molecule has 3 aliphatic carbocycles. The molecule has 3 aliphatic rings. The van der Waals surface area contributed by atoms with Crippen LogP contribution in [0, 0.1) is 0 Å². The number of benzene rings is 7. The molecule has 7 aromatic carbocycles. The Morgan fingerprint density at radius 1 is 0.579 bits per heavy atom. The monoisotopic (exact) mass is 735 g/mol. The minimum Gasteiger partial charge on any atom is -0.399 e. The van der Waals surface area contributed by atoms with Gasteiger partial charge in [-0.3, -0.25) is 0 Å². The lowest BCUT2D eigenvalue weighted by atomic mass is 9.69. The fourth-order valence-corrected chi connectivity index (χ4v) is 9.85. The second-order valence-corrected chi connectivity index (χ2v) is 16.1. The maximum Gasteiger partial charge on any atom is 0.0721 e. The number of rotatable bonds is 7. The summed E-state index contributed by atoms with van der Waals surface area (Å²) in [7, 11) is 1.99. The van der Waals surface area contributed by atoms with E-state index < -0.39 is 5.41 Å². The second-order valence-electron chi connectivity index (χ2n) is 16.1. The van der Waals surface area contributed by atoms with E-state index in [1.54, 1.807) is 0 Å². The maximum atomic E-state index is 6.57. The summed E-state index contributed by atoms with van der Waals surface area (Å²) >= 11 is 0. The van der Waals surface area contributed by atoms with E-state index >= 15 is 0 Å². The van der Waals surface area contributed by atoms with Crippen molar-refractivity contribution in [3.8, 4) is 33.4 Å². The van der Waals surface area contributed by atoms with Crippen molar-refractivity contribution in [3.05, 3.63) is 221 Å². The molecule has 1 spiro atoms. The van der Waals surface area contributed by atoms with Gasteiger partial charge >= 0.3 is 0 Å². The fourth-order valence-electron chi connectivity index (χ4n) is 9.85. The van der Waals surface area contributed by atoms with Crippen molar-refractivity contribution in [3.63, 3.8) is 0 Å². The van der Waals surface area contributed by atoms with Gasteiger partial charge in [-0.2, -0.15) is 0 Å². The van der Waals surface area contributed by atoms with Crippen LogP contribution >= 0.6 is 0 Å². The van der Waals surface area contributed by atoms with Gasteiger partial charge in [0.2, 0.25) is 0 Å². The highest BCUT2D eigenvalue weighted by atomic mass is 15.1. The number of hydrogen-bond acceptors (Lipinski definition) is 3. The Hall–Kier alpha value is -6.84. The van der Waals surface area contributed by atoms with Crippen LogP contribution in [0.1, 0.15) is 54.2 Å². The molecule has 0 bridgehead atoms. The van der Waals surface area contributed by atoms with Gasteiger partial charge in [0.05, 0.1) is 5.41 Å². The van der Waals surface area contributed by atoms with Crippen molar-refractivity contribution in [1.82, 2.24) is 0 Å². The van der Waals surface area contributed by atoms with Crippen LogP contribution in [-0.4, -0.2) is 7.05 Å². The van der Waals surface area contributed by atoms with Gasteiger partial charge in [0, 0.05) is 40.9 Å². The molecule has 0 radical (unpaired) electrons. The SMILES string of the molecule is CNc1ccc2c(c1)C1(C(/C=C\C=C(/C)N(c3ccc(-c4ccccc4)cc3)c3ccc4c(c3)C(C)(C)c3ccccc3-4)=Cc3ccccc31)c1cc(N)ccc1-2. The lowest BCUT2D eigenvalue weighted by Gasteiger charge is -2.32. The summed E-state index contributed by atoms with van der Waals surface area (Å²) in [6.07, 6.45) is 9.18. The highest BCUT2D eigenvalue weighted by Crippen LogP contribution is 2.61. The number of fused-ring (bicyclic) bond motifs is 10. The van der Waals surface area contributed by atoms with Crippen molar-refractivity contribution >= 4 is 28.8 Å². The zero-order chi connectivity index (χ0) is 38.9. The first kappa shape index (κ1) is 34.6. The standard InChI is InChI=1S/C54H45N3/c1-35(13-12-17-39-31-38-16-8-10-19-48(38)54(39)51-32-40(55)23-28-46(51)47-29-24-41(56-4)33-52(47)54)57(42-25-21-37(22-26-42)36-14-6-5-7-15-36)43-27-30-45-44-18-9-11-20-49(44)53(2,3)50(45)34-43/h5-34,56H,55H2,1-4H3/b17-12-,35-13+. The van der Waals surface area contributed by atoms with Gasteiger partial charge in [0.25, 0.3) is 0 Å². The summed E-state index contributed by atoms with van der Waals surface area (Å²) in [5.41, 5.74) is 27.7. The third-order valence-corrected chi connectivity index (χ3v) is 12.6. The molecular weight excluding hydrogens is 691 g/mol. The van der Waals surface area contributed by atoms with Crippen molar-refractivity contribution in [2.24, 2.45) is 0 Å². The average molecular weight is 736 g/mol. The molecular formula is C54H45N3. The zero-order valence-corrected chi connectivity index (χ0v) is 32.8. The third kappa shape index (κ3) is 5.26. The number of anilines is 4. The van der Waals surface area contributed by atoms with E-state index in [-0.39, 0.29) is 5.41 Å². The Labute approximate surface area is 336 Å². The molecule has 57 heavy (non-hydrogen) atoms. The molecule has 1 unspecified atom stereocenters. The third-order valence-electron chi connectivity index (χ3n) is 12.6. The molecule has 3 nitrogen and oxygen atoms in total. The summed E-state index contributed by atoms with van der Waals surface area (Å²) in [6.45, 7) is 6.92. The summed E-state index contributed by atoms with van der Waals surface area (Å²) in [5.74, 6) is 0. The number of nitrogens with one attached hydrogen (secondary N) is 1. The number of hydrogen-bond donors (Lipinski definition) is 2. The molecule has 0 heterocycles. The van der Waals surface area contributed by atoms with Gasteiger partial charge in [-0.05, 0) is 140 Å². The molecule has 0 saturated heterocycles. The first-order valence-electron chi connectivity index (χ1n) is 19.9. The molecule has 3 heteroatoms. The van der Waals surface area contributed by atoms with E-state index in [1.807, 2.05) is 13.1 Å². The van der Waals surface area contributed by atoms with Crippen LogP contribution < -0.4 is 16.0 Å². The summed E-state index contributed by atoms with van der Waals surface area (Å²) in [6, 6.07) is 57.4. The van der Waals surface area contributed by atoms with E-state index in [9.17, 15) is 0 Å². The van der Waals surface area contributed by atoms with E-state index in [0.29, 0.717) is 0 Å². The quantitative estimate of drug-likeness (QED) is 0.126. The van der Waals surface area contributed by atoms with Gasteiger partial charge in [-0.25, -0.2) is 0 Å². The van der Waals surface area contributed by atoms with Crippen LogP contribution in [0.25, 0.3) is 39.5 Å². The Morgan fingerprint density at radius 2 is 1.19 bits per heavy atom. The summed E-state index contributed by atoms with van der Waals surface area (Å²) in [4.78, 5) is 2.39. The van der Waals surface area contributed by atoms with E-state index in [1.165, 1.54) is 72.3 Å². The molecule has 7 aromatic rings. The smallest absolute Gasteiger partial charge is 0.0721 e. The first-order chi connectivity index (χ1) is 27.8. The topological polar surface area (TPSA) is 41.3 Å². The van der Waals surface area contributed by atoms with Crippen molar-refractivity contribution < 1.29 is 0 Å². The molecule has 0 fully saturated rings. The molecule has 1 atom stereocenters. The number of nitrogens with zero attached hydrogens (tertiary/aromatic N) is 1. The molecule has 0 aliphatic heterocycles. The second kappa shape index (κ2) is 13.1. The van der Waals surface area contributed by atoms with Crippen molar-refractivity contribution in [2.45, 2.75) is 31.6 Å². The first-order valence-corrected chi connectivity index (χ1v) is 19.9. The van der Waals surface area contributed by atoms with Crippen molar-refractivity contribution in [2.75, 3.05) is 23.0 Å². The number of nitrogen functional groups attached to an aromatic ring is 1. The van der Waals surface area contributed by atoms with Crippen LogP contribution in [-0.2, 0) is 10.8 Å². The zero-order valence-electron chi connectivity index (χ0n) is 32.8. The van der Waals surface area contributed by atoms with E-state index in [2.05, 4.69) is 207 Å². The lowest BCUT2D eigenvalue weighted by molar-refractivity contribution is 0.660. The van der Waals surface area contributed by atoms with Crippen LogP contribution in [0.15, 0.2) is 187 Å². The predicted octanol–water partition coefficient (Wildman–Crippen LogP) is 13.3. The fraction of sp³-hybridized carbons (Fsp3) is 0.111. The van der Waals surface area contributed by atoms with E-state index in [0.717, 1.165) is 28.4 Å². The van der Waals surface area contributed by atoms with Crippen LogP contribution in [0.3, 0.4) is 0 Å². The molecule has 10 rings (SSSR count). The highest BCUT2D eigenvalue weighted by molar-refractivity contribution is 5.94. The lowest BCUT2D eigenvalue weighted by Crippen LogP contribution is -2.27. The Morgan fingerprint density at radius 3 is 1.98 bits per heavy atom. The average Bonchev–Trinajstić information content (AvgIpc) is 3.81. The summed E-state index contributed by atoms with van der Waals surface area (Å²) < 4.78 is 0. The highest BCUT2D eigenvalue weighted by Gasteiger charge is 2.50. The Bertz CT molecular complexity index is 2820. The molecule has 0 saturated carbocycles. The van der Waals surface area contributed by atoms with Gasteiger partial charge in [0.1, 0.15) is 0 Å². The Kier molecular flexibility index (Phi) is 7.98. The molecule has 276 valence electrons. The van der Waals surface area contributed by atoms with Gasteiger partial charge in [-0.15, -0.1) is 0 Å². The maximum absolute atomic E-state index is 6.57. The van der Waals surface area contributed by atoms with Gasteiger partial charge < -0.3 is 16.0 Å². The number of allylic oxidation sites excluding steroid dienone is 5. The van der Waals surface area contributed by atoms with Crippen LogP contribution in [0.5, 0.6) is 0 Å². The predicted molar refractivity (Wildman–Crippen MR) is 241 cm³/mol. The largest absolute Gasteiger partial charge is 0.399 e. The van der Waals surface area contributed by atoms with Crippen molar-refractivity contribution in [1.29, 1.82) is 0 Å². The molecule has 0 aromatic heterocycles. The van der Waals surface area contributed by atoms with Crippen LogP contribution in [0.2, 0.25) is 0 Å². The van der Waals surface area contributed by atoms with Crippen LogP contribution in [0.4, 0.5) is 22.7 Å². The summed E-state index contributed by atoms with van der Waals surface area (Å²) in [5, 5.41) is 3.40. The van der Waals surface area contributed by atoms with Gasteiger partial charge in [0.15, 0.2) is 0 Å². The number of nitrogens with two attached hydrogens (primary N) is 1. The minimum atomic E-state index is -0.491.